The third-order valence-electron chi connectivity index (χ3n) is 2.61. The fourth-order valence-corrected chi connectivity index (χ4v) is 1.93. The molecule has 1 aliphatic carbocycles. The molecule has 1 aliphatic rings. The van der Waals surface area contributed by atoms with E-state index in [-0.39, 0.29) is 17.1 Å². The van der Waals surface area contributed by atoms with Crippen LogP contribution in [-0.2, 0) is 0 Å². The van der Waals surface area contributed by atoms with Crippen molar-refractivity contribution in [3.63, 3.8) is 0 Å². The fourth-order valence-electron chi connectivity index (χ4n) is 1.93. The molecule has 0 heterocycles. The summed E-state index contributed by atoms with van der Waals surface area (Å²) in [6.07, 6.45) is 4.66. The number of urea groups is 1. The van der Waals surface area contributed by atoms with Crippen molar-refractivity contribution in [1.82, 2.24) is 10.6 Å². The summed E-state index contributed by atoms with van der Waals surface area (Å²) in [5.41, 5.74) is -0.131. The van der Waals surface area contributed by atoms with Gasteiger partial charge in [-0.3, -0.25) is 0 Å². The summed E-state index contributed by atoms with van der Waals surface area (Å²) in [4.78, 5) is 11.6. The summed E-state index contributed by atoms with van der Waals surface area (Å²) < 4.78 is 0. The zero-order valence-electron chi connectivity index (χ0n) is 9.74. The second kappa shape index (κ2) is 3.79. The van der Waals surface area contributed by atoms with E-state index in [1.54, 1.807) is 0 Å². The van der Waals surface area contributed by atoms with Crippen LogP contribution < -0.4 is 10.6 Å². The van der Waals surface area contributed by atoms with Gasteiger partial charge in [0.25, 0.3) is 0 Å². The number of nitrogens with one attached hydrogen (secondary N) is 2. The van der Waals surface area contributed by atoms with Gasteiger partial charge in [-0.25, -0.2) is 4.79 Å². The Kier molecular flexibility index (Phi) is 3.07. The van der Waals surface area contributed by atoms with Gasteiger partial charge in [-0.05, 0) is 40.5 Å². The summed E-state index contributed by atoms with van der Waals surface area (Å²) in [6.45, 7) is 8.10. The molecule has 0 saturated heterocycles. The van der Waals surface area contributed by atoms with Crippen LogP contribution in [0.3, 0.4) is 0 Å². The summed E-state index contributed by atoms with van der Waals surface area (Å²) in [6, 6.07) is -0.0399. The molecule has 0 aromatic rings. The molecular formula is C11H22N2O. The molecule has 0 unspecified atom stereocenters. The maximum absolute atomic E-state index is 11.6. The molecule has 0 aromatic carbocycles. The van der Waals surface area contributed by atoms with Gasteiger partial charge in [-0.15, -0.1) is 0 Å². The minimum Gasteiger partial charge on any atom is -0.334 e. The standard InChI is InChI=1S/C11H22N2O/c1-10(2,3)12-9(14)13-11(4)7-5-6-8-11/h5-8H2,1-4H3,(H2,12,13,14). The lowest BCUT2D eigenvalue weighted by molar-refractivity contribution is 0.219. The molecule has 3 heteroatoms. The molecule has 3 nitrogen and oxygen atoms in total. The van der Waals surface area contributed by atoms with Crippen molar-refractivity contribution in [3.05, 3.63) is 0 Å². The Labute approximate surface area is 86.6 Å². The first-order chi connectivity index (χ1) is 6.31. The van der Waals surface area contributed by atoms with Crippen molar-refractivity contribution in [2.45, 2.75) is 64.5 Å². The van der Waals surface area contributed by atoms with E-state index in [4.69, 9.17) is 0 Å². The van der Waals surface area contributed by atoms with Crippen molar-refractivity contribution in [2.75, 3.05) is 0 Å². The second-order valence-corrected chi connectivity index (χ2v) is 5.60. The van der Waals surface area contributed by atoms with Crippen LogP contribution in [0.2, 0.25) is 0 Å². The zero-order chi connectivity index (χ0) is 10.8. The first-order valence-corrected chi connectivity index (χ1v) is 5.41. The van der Waals surface area contributed by atoms with E-state index in [0.717, 1.165) is 12.8 Å². The van der Waals surface area contributed by atoms with Crippen LogP contribution in [0.15, 0.2) is 0 Å². The lowest BCUT2D eigenvalue weighted by atomic mass is 10.0. The summed E-state index contributed by atoms with van der Waals surface area (Å²) in [5, 5.41) is 5.98. The predicted octanol–water partition coefficient (Wildman–Crippen LogP) is 2.42. The van der Waals surface area contributed by atoms with Crippen molar-refractivity contribution >= 4 is 6.03 Å². The van der Waals surface area contributed by atoms with E-state index >= 15 is 0 Å². The number of carbonyl (C=O) groups is 1. The van der Waals surface area contributed by atoms with Gasteiger partial charge in [0.2, 0.25) is 0 Å². The van der Waals surface area contributed by atoms with Gasteiger partial charge in [0, 0.05) is 11.1 Å². The van der Waals surface area contributed by atoms with E-state index in [1.165, 1.54) is 12.8 Å². The number of carbonyl (C=O) groups excluding carboxylic acids is 1. The highest BCUT2D eigenvalue weighted by Gasteiger charge is 2.30. The van der Waals surface area contributed by atoms with Gasteiger partial charge in [0.15, 0.2) is 0 Å². The molecule has 2 N–H and O–H groups in total. The third kappa shape index (κ3) is 3.56. The molecule has 14 heavy (non-hydrogen) atoms. The van der Waals surface area contributed by atoms with Crippen molar-refractivity contribution in [1.29, 1.82) is 0 Å². The average molecular weight is 198 g/mol. The van der Waals surface area contributed by atoms with Crippen LogP contribution >= 0.6 is 0 Å². The highest BCUT2D eigenvalue weighted by atomic mass is 16.2. The molecule has 1 saturated carbocycles. The van der Waals surface area contributed by atoms with Gasteiger partial charge in [-0.2, -0.15) is 0 Å². The van der Waals surface area contributed by atoms with E-state index in [0.29, 0.717) is 0 Å². The lowest BCUT2D eigenvalue weighted by Gasteiger charge is -2.28. The lowest BCUT2D eigenvalue weighted by Crippen LogP contribution is -2.53. The predicted molar refractivity (Wildman–Crippen MR) is 58.3 cm³/mol. The number of amides is 2. The SMILES string of the molecule is CC(C)(C)NC(=O)NC1(C)CCCC1. The van der Waals surface area contributed by atoms with E-state index in [9.17, 15) is 4.79 Å². The Morgan fingerprint density at radius 1 is 1.21 bits per heavy atom. The molecule has 0 spiro atoms. The van der Waals surface area contributed by atoms with E-state index in [2.05, 4.69) is 17.6 Å². The summed E-state index contributed by atoms with van der Waals surface area (Å²) in [7, 11) is 0. The number of hydrogen-bond donors (Lipinski definition) is 2. The molecule has 0 aromatic heterocycles. The Balaban J connectivity index is 2.40. The van der Waals surface area contributed by atoms with Gasteiger partial charge in [-0.1, -0.05) is 12.8 Å². The topological polar surface area (TPSA) is 41.1 Å². The average Bonchev–Trinajstić information content (AvgIpc) is 2.30. The molecule has 82 valence electrons. The Morgan fingerprint density at radius 2 is 1.71 bits per heavy atom. The van der Waals surface area contributed by atoms with Crippen LogP contribution in [0.4, 0.5) is 4.79 Å². The van der Waals surface area contributed by atoms with E-state index < -0.39 is 0 Å². The number of hydrogen-bond acceptors (Lipinski definition) is 1. The molecule has 2 amide bonds. The van der Waals surface area contributed by atoms with Crippen molar-refractivity contribution < 1.29 is 4.79 Å². The summed E-state index contributed by atoms with van der Waals surface area (Å²) >= 11 is 0. The minimum absolute atomic E-state index is 0.0231. The molecule has 0 bridgehead atoms. The first kappa shape index (κ1) is 11.3. The quantitative estimate of drug-likeness (QED) is 0.667. The summed E-state index contributed by atoms with van der Waals surface area (Å²) in [5.74, 6) is 0. The largest absolute Gasteiger partial charge is 0.334 e. The van der Waals surface area contributed by atoms with E-state index in [1.807, 2.05) is 20.8 Å². The Hall–Kier alpha value is -0.730. The van der Waals surface area contributed by atoms with Gasteiger partial charge < -0.3 is 10.6 Å². The van der Waals surface area contributed by atoms with Crippen LogP contribution in [-0.4, -0.2) is 17.1 Å². The van der Waals surface area contributed by atoms with Crippen LogP contribution in [0, 0.1) is 0 Å². The highest BCUT2D eigenvalue weighted by Crippen LogP contribution is 2.28. The highest BCUT2D eigenvalue weighted by molar-refractivity contribution is 5.75. The minimum atomic E-state index is -0.154. The molecule has 0 aliphatic heterocycles. The maximum Gasteiger partial charge on any atom is 0.315 e. The van der Waals surface area contributed by atoms with Gasteiger partial charge in [0.1, 0.15) is 0 Å². The maximum atomic E-state index is 11.6. The van der Waals surface area contributed by atoms with Gasteiger partial charge >= 0.3 is 6.03 Å². The molecule has 1 fully saturated rings. The van der Waals surface area contributed by atoms with Crippen molar-refractivity contribution in [3.8, 4) is 0 Å². The van der Waals surface area contributed by atoms with Crippen molar-refractivity contribution in [2.24, 2.45) is 0 Å². The second-order valence-electron chi connectivity index (χ2n) is 5.60. The third-order valence-corrected chi connectivity index (χ3v) is 2.61. The Bertz CT molecular complexity index is 212. The van der Waals surface area contributed by atoms with Crippen LogP contribution in [0.25, 0.3) is 0 Å². The molecule has 1 rings (SSSR count). The zero-order valence-corrected chi connectivity index (χ0v) is 9.74. The Morgan fingerprint density at radius 3 is 2.14 bits per heavy atom. The molecular weight excluding hydrogens is 176 g/mol. The number of rotatable bonds is 1. The first-order valence-electron chi connectivity index (χ1n) is 5.41. The molecule has 0 atom stereocenters. The van der Waals surface area contributed by atoms with Crippen LogP contribution in [0.5, 0.6) is 0 Å². The van der Waals surface area contributed by atoms with Crippen LogP contribution in [0.1, 0.15) is 53.4 Å². The molecule has 0 radical (unpaired) electrons. The monoisotopic (exact) mass is 198 g/mol. The van der Waals surface area contributed by atoms with Gasteiger partial charge in [0.05, 0.1) is 0 Å². The smallest absolute Gasteiger partial charge is 0.315 e. The fraction of sp³-hybridized carbons (Fsp3) is 0.909. The normalized spacial score (nSPS) is 20.6.